The Hall–Kier alpha value is -0.610. The largest absolute Gasteiger partial charge is 0.378 e. The molecule has 0 aromatic heterocycles. The number of likely N-dealkylation sites (N-methyl/N-ethyl adjacent to an activating group) is 1. The molecule has 3 atom stereocenters. The average Bonchev–Trinajstić information content (AvgIpc) is 2.37. The number of carbonyl (C=O) groups excluding carboxylic acids is 1. The van der Waals surface area contributed by atoms with Crippen LogP contribution in [0.25, 0.3) is 0 Å². The fourth-order valence-electron chi connectivity index (χ4n) is 2.74. The van der Waals surface area contributed by atoms with Gasteiger partial charge in [0.05, 0.1) is 12.1 Å². The van der Waals surface area contributed by atoms with Crippen molar-refractivity contribution in [2.24, 2.45) is 5.92 Å². The lowest BCUT2D eigenvalue weighted by molar-refractivity contribution is -0.123. The highest BCUT2D eigenvalue weighted by molar-refractivity contribution is 5.81. The van der Waals surface area contributed by atoms with E-state index in [2.05, 4.69) is 31.4 Å². The van der Waals surface area contributed by atoms with Crippen LogP contribution in [-0.4, -0.2) is 37.7 Å². The molecule has 1 fully saturated rings. The predicted molar refractivity (Wildman–Crippen MR) is 78.1 cm³/mol. The molecule has 4 heteroatoms. The van der Waals surface area contributed by atoms with Gasteiger partial charge in [-0.25, -0.2) is 0 Å². The molecule has 112 valence electrons. The van der Waals surface area contributed by atoms with E-state index in [0.29, 0.717) is 18.1 Å². The first-order chi connectivity index (χ1) is 9.06. The molecule has 1 aliphatic rings. The third-order valence-electron chi connectivity index (χ3n) is 3.68. The van der Waals surface area contributed by atoms with Gasteiger partial charge in [0.2, 0.25) is 5.91 Å². The summed E-state index contributed by atoms with van der Waals surface area (Å²) in [6, 6.07) is 0.335. The Morgan fingerprint density at radius 1 is 1.42 bits per heavy atom. The second-order valence-corrected chi connectivity index (χ2v) is 5.97. The SMILES string of the molecule is CCCC1CC(NC(CC(C)C)C(=O)NC)CCO1. The molecule has 1 aliphatic heterocycles. The van der Waals surface area contributed by atoms with Gasteiger partial charge in [0.15, 0.2) is 0 Å². The number of nitrogens with one attached hydrogen (secondary N) is 2. The second kappa shape index (κ2) is 8.54. The van der Waals surface area contributed by atoms with Crippen LogP contribution < -0.4 is 10.6 Å². The quantitative estimate of drug-likeness (QED) is 0.745. The van der Waals surface area contributed by atoms with E-state index in [9.17, 15) is 4.79 Å². The van der Waals surface area contributed by atoms with Crippen LogP contribution in [0.5, 0.6) is 0 Å². The molecular weight excluding hydrogens is 240 g/mol. The van der Waals surface area contributed by atoms with Crippen LogP contribution in [0.4, 0.5) is 0 Å². The molecule has 0 saturated carbocycles. The summed E-state index contributed by atoms with van der Waals surface area (Å²) in [5, 5.41) is 6.30. The molecule has 0 aromatic carbocycles. The van der Waals surface area contributed by atoms with Gasteiger partial charge in [-0.3, -0.25) is 4.79 Å². The van der Waals surface area contributed by atoms with Crippen LogP contribution in [0.3, 0.4) is 0 Å². The van der Waals surface area contributed by atoms with Crippen molar-refractivity contribution >= 4 is 5.91 Å². The minimum Gasteiger partial charge on any atom is -0.378 e. The van der Waals surface area contributed by atoms with E-state index in [1.54, 1.807) is 7.05 Å². The summed E-state index contributed by atoms with van der Waals surface area (Å²) in [5.41, 5.74) is 0. The molecular formula is C15H30N2O2. The van der Waals surface area contributed by atoms with Crippen molar-refractivity contribution in [3.63, 3.8) is 0 Å². The van der Waals surface area contributed by atoms with Crippen molar-refractivity contribution in [3.05, 3.63) is 0 Å². The van der Waals surface area contributed by atoms with Crippen molar-refractivity contribution in [2.75, 3.05) is 13.7 Å². The third kappa shape index (κ3) is 5.91. The van der Waals surface area contributed by atoms with Crippen LogP contribution >= 0.6 is 0 Å². The molecule has 1 saturated heterocycles. The van der Waals surface area contributed by atoms with Crippen molar-refractivity contribution in [2.45, 2.75) is 71.1 Å². The Morgan fingerprint density at radius 2 is 2.16 bits per heavy atom. The molecule has 2 N–H and O–H groups in total. The molecule has 1 amide bonds. The first kappa shape index (κ1) is 16.4. The Labute approximate surface area is 117 Å². The summed E-state index contributed by atoms with van der Waals surface area (Å²) >= 11 is 0. The van der Waals surface area contributed by atoms with Gasteiger partial charge in [0.1, 0.15) is 0 Å². The fraction of sp³-hybridized carbons (Fsp3) is 0.933. The minimum atomic E-state index is -0.0737. The number of carbonyl (C=O) groups is 1. The van der Waals surface area contributed by atoms with Gasteiger partial charge in [-0.15, -0.1) is 0 Å². The minimum absolute atomic E-state index is 0.0737. The Bertz CT molecular complexity index is 267. The summed E-state index contributed by atoms with van der Waals surface area (Å²) in [5.74, 6) is 0.619. The van der Waals surface area contributed by atoms with Crippen LogP contribution in [-0.2, 0) is 9.53 Å². The number of hydrogen-bond acceptors (Lipinski definition) is 3. The Balaban J connectivity index is 2.50. The van der Waals surface area contributed by atoms with Gasteiger partial charge in [0.25, 0.3) is 0 Å². The lowest BCUT2D eigenvalue weighted by Gasteiger charge is -2.33. The smallest absolute Gasteiger partial charge is 0.236 e. The topological polar surface area (TPSA) is 50.4 Å². The molecule has 1 rings (SSSR count). The maximum atomic E-state index is 11.9. The van der Waals surface area contributed by atoms with Crippen molar-refractivity contribution in [3.8, 4) is 0 Å². The van der Waals surface area contributed by atoms with E-state index in [4.69, 9.17) is 4.74 Å². The van der Waals surface area contributed by atoms with E-state index in [-0.39, 0.29) is 11.9 Å². The van der Waals surface area contributed by atoms with Gasteiger partial charge < -0.3 is 15.4 Å². The zero-order chi connectivity index (χ0) is 14.3. The third-order valence-corrected chi connectivity index (χ3v) is 3.68. The highest BCUT2D eigenvalue weighted by atomic mass is 16.5. The molecule has 19 heavy (non-hydrogen) atoms. The van der Waals surface area contributed by atoms with Crippen molar-refractivity contribution in [1.29, 1.82) is 0 Å². The summed E-state index contributed by atoms with van der Waals surface area (Å²) in [4.78, 5) is 11.9. The van der Waals surface area contributed by atoms with Crippen molar-refractivity contribution < 1.29 is 9.53 Å². The molecule has 4 nitrogen and oxygen atoms in total. The first-order valence-corrected chi connectivity index (χ1v) is 7.66. The molecule has 0 bridgehead atoms. The highest BCUT2D eigenvalue weighted by Crippen LogP contribution is 2.19. The van der Waals surface area contributed by atoms with E-state index in [1.165, 1.54) is 0 Å². The van der Waals surface area contributed by atoms with Crippen LogP contribution in [0, 0.1) is 5.92 Å². The molecule has 0 radical (unpaired) electrons. The van der Waals surface area contributed by atoms with Gasteiger partial charge in [-0.2, -0.15) is 0 Å². The van der Waals surface area contributed by atoms with E-state index < -0.39 is 0 Å². The summed E-state index contributed by atoms with van der Waals surface area (Å²) in [6.45, 7) is 7.31. The average molecular weight is 270 g/mol. The normalized spacial score (nSPS) is 25.3. The van der Waals surface area contributed by atoms with Crippen LogP contribution in [0.2, 0.25) is 0 Å². The number of amides is 1. The molecule has 0 spiro atoms. The monoisotopic (exact) mass is 270 g/mol. The summed E-state index contributed by atoms with van der Waals surface area (Å²) < 4.78 is 5.76. The zero-order valence-electron chi connectivity index (χ0n) is 12.9. The lowest BCUT2D eigenvalue weighted by Crippen LogP contribution is -2.50. The summed E-state index contributed by atoms with van der Waals surface area (Å²) in [6.07, 6.45) is 5.55. The Morgan fingerprint density at radius 3 is 2.74 bits per heavy atom. The highest BCUT2D eigenvalue weighted by Gasteiger charge is 2.27. The summed E-state index contributed by atoms with van der Waals surface area (Å²) in [7, 11) is 1.71. The molecule has 0 aromatic rings. The van der Waals surface area contributed by atoms with Crippen LogP contribution in [0.15, 0.2) is 0 Å². The van der Waals surface area contributed by atoms with Crippen molar-refractivity contribution in [1.82, 2.24) is 10.6 Å². The number of rotatable bonds is 7. The van der Waals surface area contributed by atoms with Gasteiger partial charge in [-0.1, -0.05) is 27.2 Å². The van der Waals surface area contributed by atoms with E-state index >= 15 is 0 Å². The molecule has 3 unspecified atom stereocenters. The number of ether oxygens (including phenoxy) is 1. The van der Waals surface area contributed by atoms with E-state index in [0.717, 1.165) is 38.7 Å². The Kier molecular flexibility index (Phi) is 7.39. The standard InChI is InChI=1S/C15H30N2O2/c1-5-6-13-10-12(7-8-19-13)17-14(9-11(2)3)15(18)16-4/h11-14,17H,5-10H2,1-4H3,(H,16,18). The second-order valence-electron chi connectivity index (χ2n) is 5.97. The maximum absolute atomic E-state index is 11.9. The first-order valence-electron chi connectivity index (χ1n) is 7.66. The van der Waals surface area contributed by atoms with Gasteiger partial charge >= 0.3 is 0 Å². The van der Waals surface area contributed by atoms with Crippen LogP contribution in [0.1, 0.15) is 52.9 Å². The predicted octanol–water partition coefficient (Wildman–Crippen LogP) is 2.08. The molecule has 0 aliphatic carbocycles. The van der Waals surface area contributed by atoms with E-state index in [1.807, 2.05) is 0 Å². The van der Waals surface area contributed by atoms with Gasteiger partial charge in [0, 0.05) is 19.7 Å². The van der Waals surface area contributed by atoms with Gasteiger partial charge in [-0.05, 0) is 31.6 Å². The number of hydrogen-bond donors (Lipinski definition) is 2. The maximum Gasteiger partial charge on any atom is 0.236 e. The molecule has 1 heterocycles. The zero-order valence-corrected chi connectivity index (χ0v) is 12.9. The fourth-order valence-corrected chi connectivity index (χ4v) is 2.74. The lowest BCUT2D eigenvalue weighted by atomic mass is 9.97.